The normalized spacial score (nSPS) is 22.5. The van der Waals surface area contributed by atoms with Crippen LogP contribution in [-0.4, -0.2) is 72.4 Å². The average Bonchev–Trinajstić information content (AvgIpc) is 3.31. The number of amides is 3. The molecule has 1 fully saturated rings. The van der Waals surface area contributed by atoms with Crippen LogP contribution < -0.4 is 15.8 Å². The summed E-state index contributed by atoms with van der Waals surface area (Å²) in [5, 5.41) is 5.34. The van der Waals surface area contributed by atoms with Gasteiger partial charge in [0.2, 0.25) is 11.8 Å². The molecule has 2 bridgehead atoms. The Kier molecular flexibility index (Phi) is 7.10. The van der Waals surface area contributed by atoms with Crippen LogP contribution in [0.3, 0.4) is 0 Å². The summed E-state index contributed by atoms with van der Waals surface area (Å²) in [6, 6.07) is 20.0. The van der Waals surface area contributed by atoms with Crippen molar-refractivity contribution in [3.8, 4) is 5.75 Å². The van der Waals surface area contributed by atoms with Crippen LogP contribution in [-0.2, 0) is 16.0 Å². The Morgan fingerprint density at radius 1 is 1.05 bits per heavy atom. The van der Waals surface area contributed by atoms with Crippen molar-refractivity contribution >= 4 is 28.5 Å². The largest absolute Gasteiger partial charge is 0.491 e. The molecule has 1 saturated heterocycles. The molecule has 0 spiro atoms. The molecule has 3 aromatic rings. The zero-order valence-electron chi connectivity index (χ0n) is 20.9. The quantitative estimate of drug-likeness (QED) is 0.575. The number of carbonyl (C=O) groups is 3. The van der Waals surface area contributed by atoms with Crippen LogP contribution in [0.1, 0.15) is 28.8 Å². The van der Waals surface area contributed by atoms with E-state index in [4.69, 9.17) is 10.5 Å². The second-order valence-corrected chi connectivity index (χ2v) is 9.96. The monoisotopic (exact) mass is 500 g/mol. The van der Waals surface area contributed by atoms with E-state index >= 15 is 0 Å². The van der Waals surface area contributed by atoms with Crippen LogP contribution in [0.25, 0.3) is 10.8 Å². The van der Waals surface area contributed by atoms with Crippen LogP contribution >= 0.6 is 0 Å². The highest BCUT2D eigenvalue weighted by Crippen LogP contribution is 2.23. The van der Waals surface area contributed by atoms with Crippen molar-refractivity contribution in [2.45, 2.75) is 37.4 Å². The minimum atomic E-state index is -0.742. The molecule has 2 aliphatic heterocycles. The van der Waals surface area contributed by atoms with E-state index in [-0.39, 0.29) is 42.8 Å². The summed E-state index contributed by atoms with van der Waals surface area (Å²) in [5.74, 6) is 0.158. The van der Waals surface area contributed by atoms with Crippen molar-refractivity contribution < 1.29 is 19.1 Å². The van der Waals surface area contributed by atoms with E-state index < -0.39 is 6.04 Å². The van der Waals surface area contributed by atoms with Crippen LogP contribution in [0.5, 0.6) is 5.75 Å². The fraction of sp³-hybridized carbons (Fsp3) is 0.345. The molecule has 3 atom stereocenters. The molecule has 8 heteroatoms. The van der Waals surface area contributed by atoms with Gasteiger partial charge in [0.1, 0.15) is 12.4 Å². The molecule has 192 valence electrons. The van der Waals surface area contributed by atoms with E-state index in [1.165, 1.54) is 0 Å². The summed E-state index contributed by atoms with van der Waals surface area (Å²) >= 11 is 0. The SMILES string of the molecule is CN1CC[C@H](N)C(=O)N2C[C@@H](NC(=O)Cc3ccc4ccccc4c3)C[C@H]2COc2cccc(c2)C1=O. The van der Waals surface area contributed by atoms with E-state index in [0.717, 1.165) is 16.3 Å². The number of nitrogens with one attached hydrogen (secondary N) is 1. The van der Waals surface area contributed by atoms with Crippen LogP contribution in [0.15, 0.2) is 66.7 Å². The molecule has 0 radical (unpaired) electrons. The van der Waals surface area contributed by atoms with Crippen molar-refractivity contribution in [1.29, 1.82) is 0 Å². The zero-order valence-corrected chi connectivity index (χ0v) is 20.9. The van der Waals surface area contributed by atoms with Gasteiger partial charge in [0, 0.05) is 31.7 Å². The highest BCUT2D eigenvalue weighted by atomic mass is 16.5. The minimum Gasteiger partial charge on any atom is -0.491 e. The Labute approximate surface area is 216 Å². The lowest BCUT2D eigenvalue weighted by molar-refractivity contribution is -0.134. The lowest BCUT2D eigenvalue weighted by Gasteiger charge is -2.27. The summed E-state index contributed by atoms with van der Waals surface area (Å²) in [5.41, 5.74) is 7.74. The smallest absolute Gasteiger partial charge is 0.253 e. The van der Waals surface area contributed by atoms with E-state index in [0.29, 0.717) is 37.2 Å². The average molecular weight is 501 g/mol. The van der Waals surface area contributed by atoms with Gasteiger partial charge in [0.15, 0.2) is 0 Å². The van der Waals surface area contributed by atoms with Gasteiger partial charge >= 0.3 is 0 Å². The molecule has 37 heavy (non-hydrogen) atoms. The Hall–Kier alpha value is -3.91. The predicted octanol–water partition coefficient (Wildman–Crippen LogP) is 2.35. The topological polar surface area (TPSA) is 105 Å². The van der Waals surface area contributed by atoms with Crippen molar-refractivity contribution in [3.05, 3.63) is 77.9 Å². The van der Waals surface area contributed by atoms with E-state index in [1.807, 2.05) is 42.5 Å². The molecule has 3 N–H and O–H groups in total. The van der Waals surface area contributed by atoms with E-state index in [1.54, 1.807) is 41.1 Å². The predicted molar refractivity (Wildman–Crippen MR) is 141 cm³/mol. The summed E-state index contributed by atoms with van der Waals surface area (Å²) in [6.45, 7) is 0.989. The maximum atomic E-state index is 13.3. The van der Waals surface area contributed by atoms with Gasteiger partial charge in [-0.2, -0.15) is 0 Å². The van der Waals surface area contributed by atoms with Gasteiger partial charge < -0.3 is 25.6 Å². The summed E-state index contributed by atoms with van der Waals surface area (Å²) in [4.78, 5) is 42.2. The van der Waals surface area contributed by atoms with E-state index in [9.17, 15) is 14.4 Å². The number of benzene rings is 3. The summed E-state index contributed by atoms with van der Waals surface area (Å²) in [6.07, 6.45) is 1.19. The van der Waals surface area contributed by atoms with Gasteiger partial charge in [-0.1, -0.05) is 48.5 Å². The number of hydrogen-bond donors (Lipinski definition) is 2. The first kappa shape index (κ1) is 24.8. The molecule has 0 saturated carbocycles. The van der Waals surface area contributed by atoms with Crippen LogP contribution in [0.2, 0.25) is 0 Å². The summed E-state index contributed by atoms with van der Waals surface area (Å²) in [7, 11) is 1.70. The maximum absolute atomic E-state index is 13.3. The number of nitrogens with zero attached hydrogens (tertiary/aromatic N) is 2. The fourth-order valence-corrected chi connectivity index (χ4v) is 5.16. The standard InChI is InChI=1S/C29H32N4O4/c1-32-12-11-26(30)29(36)33-17-23(16-24(33)18-37-25-8-4-7-22(15-25)28(32)35)31-27(34)14-19-9-10-20-5-2-3-6-21(20)13-19/h2-10,13,15,23-24,26H,11-12,14,16-18,30H2,1H3,(H,31,34)/t23-,24-,26-/m0/s1. The summed E-state index contributed by atoms with van der Waals surface area (Å²) < 4.78 is 6.01. The third-order valence-corrected chi connectivity index (χ3v) is 7.20. The molecule has 3 aromatic carbocycles. The van der Waals surface area contributed by atoms with E-state index in [2.05, 4.69) is 5.32 Å². The second kappa shape index (κ2) is 10.6. The third kappa shape index (κ3) is 5.59. The number of hydrogen-bond acceptors (Lipinski definition) is 5. The first-order chi connectivity index (χ1) is 17.9. The number of fused-ring (bicyclic) bond motifs is 4. The van der Waals surface area contributed by atoms with Crippen LogP contribution in [0, 0.1) is 0 Å². The van der Waals surface area contributed by atoms with Crippen molar-refractivity contribution in [3.63, 3.8) is 0 Å². The lowest BCUT2D eigenvalue weighted by Crippen LogP contribution is -2.49. The second-order valence-electron chi connectivity index (χ2n) is 9.96. The molecule has 0 aromatic heterocycles. The number of nitrogens with two attached hydrogens (primary N) is 1. The minimum absolute atomic E-state index is 0.0826. The van der Waals surface area contributed by atoms with Gasteiger partial charge in [0.05, 0.1) is 18.5 Å². The number of ether oxygens (including phenoxy) is 1. The first-order valence-electron chi connectivity index (χ1n) is 12.7. The number of rotatable bonds is 3. The van der Waals surface area contributed by atoms with Crippen LogP contribution in [0.4, 0.5) is 0 Å². The molecule has 2 heterocycles. The van der Waals surface area contributed by atoms with Crippen molar-refractivity contribution in [2.24, 2.45) is 5.73 Å². The maximum Gasteiger partial charge on any atom is 0.253 e. The van der Waals surface area contributed by atoms with Gasteiger partial charge in [-0.05, 0) is 47.4 Å². The highest BCUT2D eigenvalue weighted by Gasteiger charge is 2.38. The fourth-order valence-electron chi connectivity index (χ4n) is 5.16. The molecule has 0 unspecified atom stereocenters. The Morgan fingerprint density at radius 3 is 2.70 bits per heavy atom. The molecule has 0 aliphatic carbocycles. The molecule has 8 nitrogen and oxygen atoms in total. The van der Waals surface area contributed by atoms with Crippen molar-refractivity contribution in [2.75, 3.05) is 26.7 Å². The Bertz CT molecular complexity index is 1330. The molecule has 2 aliphatic rings. The van der Waals surface area contributed by atoms with Crippen molar-refractivity contribution in [1.82, 2.24) is 15.1 Å². The zero-order chi connectivity index (χ0) is 25.9. The van der Waals surface area contributed by atoms with Gasteiger partial charge in [-0.25, -0.2) is 0 Å². The van der Waals surface area contributed by atoms with Gasteiger partial charge in [0.25, 0.3) is 5.91 Å². The van der Waals surface area contributed by atoms with Gasteiger partial charge in [-0.15, -0.1) is 0 Å². The third-order valence-electron chi connectivity index (χ3n) is 7.20. The molecule has 5 rings (SSSR count). The first-order valence-corrected chi connectivity index (χ1v) is 12.7. The van der Waals surface area contributed by atoms with Gasteiger partial charge in [-0.3, -0.25) is 14.4 Å². The lowest BCUT2D eigenvalue weighted by atomic mass is 10.0. The molecular formula is C29H32N4O4. The molecule has 3 amide bonds. The molecular weight excluding hydrogens is 468 g/mol. The Morgan fingerprint density at radius 2 is 1.86 bits per heavy atom. The Balaban J connectivity index is 1.28. The highest BCUT2D eigenvalue weighted by molar-refractivity contribution is 5.94. The number of carbonyl (C=O) groups excluding carboxylic acids is 3.